The molecular weight excluding hydrogens is 363 g/mol. The summed E-state index contributed by atoms with van der Waals surface area (Å²) >= 11 is 0. The number of guanidine groups is 1. The van der Waals surface area contributed by atoms with Crippen molar-refractivity contribution in [3.8, 4) is 12.3 Å². The monoisotopic (exact) mass is 392 g/mol. The summed E-state index contributed by atoms with van der Waals surface area (Å²) in [6.07, 6.45) is 7.82. The lowest BCUT2D eigenvalue weighted by molar-refractivity contribution is 0.143. The largest absolute Gasteiger partial charge is 0.357 e. The van der Waals surface area contributed by atoms with Crippen LogP contribution in [0.25, 0.3) is 0 Å². The molecule has 0 radical (unpaired) electrons. The summed E-state index contributed by atoms with van der Waals surface area (Å²) in [5.74, 6) is 4.08. The van der Waals surface area contributed by atoms with Crippen LogP contribution in [-0.4, -0.2) is 49.6 Å². The van der Waals surface area contributed by atoms with Gasteiger partial charge in [0.2, 0.25) is 0 Å². The highest BCUT2D eigenvalue weighted by Crippen LogP contribution is 2.18. The Morgan fingerprint density at radius 2 is 2.20 bits per heavy atom. The Morgan fingerprint density at radius 3 is 2.80 bits per heavy atom. The second kappa shape index (κ2) is 11.2. The summed E-state index contributed by atoms with van der Waals surface area (Å²) in [7, 11) is 0. The number of nitrogens with one attached hydrogen (secondary N) is 2. The van der Waals surface area contributed by atoms with Gasteiger partial charge in [-0.25, -0.2) is 0 Å². The zero-order valence-electron chi connectivity index (χ0n) is 13.0. The van der Waals surface area contributed by atoms with Gasteiger partial charge in [0.15, 0.2) is 5.96 Å². The van der Waals surface area contributed by atoms with Crippen LogP contribution in [0.2, 0.25) is 0 Å². The van der Waals surface area contributed by atoms with Gasteiger partial charge in [-0.05, 0) is 46.1 Å². The number of hydrogen-bond donors (Lipinski definition) is 2. The van der Waals surface area contributed by atoms with E-state index in [-0.39, 0.29) is 24.0 Å². The van der Waals surface area contributed by atoms with Crippen molar-refractivity contribution >= 4 is 29.9 Å². The second-order valence-electron chi connectivity index (χ2n) is 5.37. The van der Waals surface area contributed by atoms with Crippen molar-refractivity contribution in [3.05, 3.63) is 0 Å². The zero-order chi connectivity index (χ0) is 14.1. The van der Waals surface area contributed by atoms with Crippen molar-refractivity contribution in [1.29, 1.82) is 0 Å². The molecular formula is C15H29IN4. The van der Waals surface area contributed by atoms with Crippen LogP contribution in [0.4, 0.5) is 0 Å². The molecule has 4 nitrogen and oxygen atoms in total. The van der Waals surface area contributed by atoms with Gasteiger partial charge in [0.1, 0.15) is 0 Å². The Balaban J connectivity index is 0.00000361. The standard InChI is InChI=1S/C15H28N4.HI/c1-5-9-17-15(16-6-2)18-11-14-8-7-10-19(12-14)13(3)4;/h1,13-14H,6-12H2,2-4H3,(H2,16,17,18);1H. The van der Waals surface area contributed by atoms with Gasteiger partial charge in [-0.15, -0.1) is 30.4 Å². The van der Waals surface area contributed by atoms with Gasteiger partial charge in [-0.2, -0.15) is 0 Å². The van der Waals surface area contributed by atoms with E-state index in [4.69, 9.17) is 6.42 Å². The molecule has 5 heteroatoms. The molecule has 0 amide bonds. The Hall–Kier alpha value is -0.480. The molecule has 0 spiro atoms. The molecule has 0 saturated carbocycles. The number of likely N-dealkylation sites (tertiary alicyclic amines) is 1. The Labute approximate surface area is 141 Å². The van der Waals surface area contributed by atoms with E-state index in [2.05, 4.69) is 47.2 Å². The molecule has 1 saturated heterocycles. The van der Waals surface area contributed by atoms with E-state index in [0.29, 0.717) is 18.5 Å². The predicted molar refractivity (Wildman–Crippen MR) is 97.7 cm³/mol. The molecule has 1 rings (SSSR count). The fourth-order valence-electron chi connectivity index (χ4n) is 2.41. The molecule has 0 aliphatic carbocycles. The van der Waals surface area contributed by atoms with Gasteiger partial charge in [0, 0.05) is 25.7 Å². The van der Waals surface area contributed by atoms with Crippen molar-refractivity contribution in [2.24, 2.45) is 10.9 Å². The van der Waals surface area contributed by atoms with Crippen molar-refractivity contribution in [3.63, 3.8) is 0 Å². The van der Waals surface area contributed by atoms with E-state index in [1.54, 1.807) is 0 Å². The maximum absolute atomic E-state index is 5.26. The van der Waals surface area contributed by atoms with Crippen molar-refractivity contribution in [1.82, 2.24) is 15.5 Å². The Kier molecular flexibility index (Phi) is 10.9. The molecule has 0 bridgehead atoms. The highest BCUT2D eigenvalue weighted by Gasteiger charge is 2.21. The fourth-order valence-corrected chi connectivity index (χ4v) is 2.41. The second-order valence-corrected chi connectivity index (χ2v) is 5.37. The van der Waals surface area contributed by atoms with Crippen LogP contribution in [0.1, 0.15) is 33.6 Å². The number of nitrogens with zero attached hydrogens (tertiary/aromatic N) is 2. The van der Waals surface area contributed by atoms with Crippen molar-refractivity contribution < 1.29 is 0 Å². The van der Waals surface area contributed by atoms with Crippen molar-refractivity contribution in [2.45, 2.75) is 39.7 Å². The van der Waals surface area contributed by atoms with Gasteiger partial charge < -0.3 is 15.5 Å². The number of halogens is 1. The van der Waals surface area contributed by atoms with E-state index in [1.807, 2.05) is 0 Å². The number of terminal acetylenes is 1. The quantitative estimate of drug-likeness (QED) is 0.325. The summed E-state index contributed by atoms with van der Waals surface area (Å²) in [5, 5.41) is 6.35. The molecule has 1 atom stereocenters. The van der Waals surface area contributed by atoms with Gasteiger partial charge in [0.05, 0.1) is 6.54 Å². The van der Waals surface area contributed by atoms with Crippen LogP contribution in [-0.2, 0) is 0 Å². The Morgan fingerprint density at radius 1 is 1.45 bits per heavy atom. The third-order valence-corrected chi connectivity index (χ3v) is 3.49. The molecule has 0 aromatic heterocycles. The molecule has 1 aliphatic rings. The minimum Gasteiger partial charge on any atom is -0.357 e. The third kappa shape index (κ3) is 7.34. The molecule has 2 N–H and O–H groups in total. The number of piperidine rings is 1. The maximum Gasteiger partial charge on any atom is 0.192 e. The lowest BCUT2D eigenvalue weighted by Gasteiger charge is -2.34. The van der Waals surface area contributed by atoms with E-state index in [9.17, 15) is 0 Å². The van der Waals surface area contributed by atoms with Gasteiger partial charge >= 0.3 is 0 Å². The van der Waals surface area contributed by atoms with Crippen LogP contribution in [0.15, 0.2) is 4.99 Å². The first-order valence-electron chi connectivity index (χ1n) is 7.37. The average molecular weight is 392 g/mol. The lowest BCUT2D eigenvalue weighted by Crippen LogP contribution is -2.42. The molecule has 1 heterocycles. The van der Waals surface area contributed by atoms with Crippen LogP contribution in [0, 0.1) is 18.3 Å². The molecule has 1 aliphatic heterocycles. The first-order chi connectivity index (χ1) is 9.17. The minimum atomic E-state index is 0. The topological polar surface area (TPSA) is 39.7 Å². The van der Waals surface area contributed by atoms with Gasteiger partial charge in [0.25, 0.3) is 0 Å². The number of aliphatic imine (C=N–C) groups is 1. The molecule has 0 aromatic rings. The number of rotatable bonds is 5. The predicted octanol–water partition coefficient (Wildman–Crippen LogP) is 1.91. The van der Waals surface area contributed by atoms with Crippen LogP contribution in [0.3, 0.4) is 0 Å². The van der Waals surface area contributed by atoms with Crippen molar-refractivity contribution in [2.75, 3.05) is 32.7 Å². The number of hydrogen-bond acceptors (Lipinski definition) is 2. The van der Waals surface area contributed by atoms with Crippen LogP contribution < -0.4 is 10.6 Å². The highest BCUT2D eigenvalue weighted by molar-refractivity contribution is 14.0. The zero-order valence-corrected chi connectivity index (χ0v) is 15.3. The summed E-state index contributed by atoms with van der Waals surface area (Å²) in [6.45, 7) is 11.3. The average Bonchev–Trinajstić information content (AvgIpc) is 2.42. The molecule has 0 aromatic carbocycles. The van der Waals surface area contributed by atoms with E-state index < -0.39 is 0 Å². The highest BCUT2D eigenvalue weighted by atomic mass is 127. The minimum absolute atomic E-state index is 0. The first-order valence-corrected chi connectivity index (χ1v) is 7.37. The lowest BCUT2D eigenvalue weighted by atomic mass is 9.97. The summed E-state index contributed by atoms with van der Waals surface area (Å²) in [6, 6.07) is 0.639. The summed E-state index contributed by atoms with van der Waals surface area (Å²) in [4.78, 5) is 7.19. The normalized spacial score (nSPS) is 20.1. The molecule has 116 valence electrons. The molecule has 1 fully saturated rings. The third-order valence-electron chi connectivity index (χ3n) is 3.49. The SMILES string of the molecule is C#CCNC(=NCC1CCCN(C(C)C)C1)NCC.I. The van der Waals surface area contributed by atoms with E-state index in [0.717, 1.165) is 25.6 Å². The van der Waals surface area contributed by atoms with Gasteiger partial charge in [-0.3, -0.25) is 4.99 Å². The van der Waals surface area contributed by atoms with E-state index >= 15 is 0 Å². The fraction of sp³-hybridized carbons (Fsp3) is 0.800. The Bertz CT molecular complexity index is 322. The molecule has 1 unspecified atom stereocenters. The summed E-state index contributed by atoms with van der Waals surface area (Å²) in [5.41, 5.74) is 0. The van der Waals surface area contributed by atoms with Gasteiger partial charge in [-0.1, -0.05) is 5.92 Å². The molecule has 20 heavy (non-hydrogen) atoms. The maximum atomic E-state index is 5.26. The van der Waals surface area contributed by atoms with Crippen LogP contribution in [0.5, 0.6) is 0 Å². The van der Waals surface area contributed by atoms with Crippen LogP contribution >= 0.6 is 24.0 Å². The van der Waals surface area contributed by atoms with E-state index in [1.165, 1.54) is 19.4 Å². The summed E-state index contributed by atoms with van der Waals surface area (Å²) < 4.78 is 0. The smallest absolute Gasteiger partial charge is 0.192 e. The first kappa shape index (κ1) is 19.5.